The summed E-state index contributed by atoms with van der Waals surface area (Å²) < 4.78 is 2.03. The first-order valence-electron chi connectivity index (χ1n) is 8.47. The minimum atomic E-state index is 0.462. The molecule has 1 saturated heterocycles. The van der Waals surface area contributed by atoms with Crippen LogP contribution in [0.3, 0.4) is 0 Å². The van der Waals surface area contributed by atoms with E-state index in [1.54, 1.807) is 6.33 Å². The van der Waals surface area contributed by atoms with Gasteiger partial charge in [-0.05, 0) is 25.3 Å². The van der Waals surface area contributed by atoms with Gasteiger partial charge in [-0.2, -0.15) is 0 Å². The second kappa shape index (κ2) is 5.43. The number of rotatable bonds is 4. The molecule has 3 aromatic rings. The number of hydrogen-bond acceptors (Lipinski definition) is 6. The Hall–Kier alpha value is -2.70. The van der Waals surface area contributed by atoms with E-state index in [0.29, 0.717) is 12.1 Å². The Bertz CT molecular complexity index is 842. The van der Waals surface area contributed by atoms with Gasteiger partial charge in [-0.1, -0.05) is 0 Å². The van der Waals surface area contributed by atoms with Gasteiger partial charge in [0.1, 0.15) is 12.1 Å². The van der Waals surface area contributed by atoms with Gasteiger partial charge in [-0.3, -0.25) is 0 Å². The molecule has 2 aliphatic rings. The van der Waals surface area contributed by atoms with Crippen LogP contribution in [-0.2, 0) is 0 Å². The third-order valence-corrected chi connectivity index (χ3v) is 4.92. The smallest absolute Gasteiger partial charge is 0.180 e. The van der Waals surface area contributed by atoms with Gasteiger partial charge in [-0.25, -0.2) is 19.9 Å². The number of imidazole rings is 1. The molecule has 4 heterocycles. The molecule has 7 heteroatoms. The van der Waals surface area contributed by atoms with Gasteiger partial charge >= 0.3 is 0 Å². The fraction of sp³-hybridized carbons (Fsp3) is 0.412. The molecule has 0 radical (unpaired) electrons. The summed E-state index contributed by atoms with van der Waals surface area (Å²) in [6.07, 6.45) is 14.7. The average Bonchev–Trinajstić information content (AvgIpc) is 3.14. The summed E-state index contributed by atoms with van der Waals surface area (Å²) >= 11 is 0. The minimum absolute atomic E-state index is 0.462. The summed E-state index contributed by atoms with van der Waals surface area (Å²) in [6, 6.07) is 3.11. The summed E-state index contributed by atoms with van der Waals surface area (Å²) in [5.74, 6) is 2.02. The Labute approximate surface area is 140 Å². The van der Waals surface area contributed by atoms with Gasteiger partial charge in [0.05, 0.1) is 0 Å². The summed E-state index contributed by atoms with van der Waals surface area (Å²) in [6.45, 7) is 1.96. The molecule has 5 rings (SSSR count). The van der Waals surface area contributed by atoms with E-state index in [9.17, 15) is 0 Å². The molecule has 0 spiro atoms. The number of hydrogen-bond donors (Lipinski definition) is 0. The fourth-order valence-corrected chi connectivity index (χ4v) is 3.69. The lowest BCUT2D eigenvalue weighted by atomic mass is 10.2. The zero-order valence-corrected chi connectivity index (χ0v) is 13.4. The predicted molar refractivity (Wildman–Crippen MR) is 91.1 cm³/mol. The SMILES string of the molecule is c1cc(N(C2CC2)C2CCN(c3nccn4ccnc34)C2)ncn1. The van der Waals surface area contributed by atoms with Crippen LogP contribution in [-0.4, -0.2) is 49.5 Å². The summed E-state index contributed by atoms with van der Waals surface area (Å²) in [7, 11) is 0. The van der Waals surface area contributed by atoms with Crippen molar-refractivity contribution in [3.63, 3.8) is 0 Å². The lowest BCUT2D eigenvalue weighted by Crippen LogP contribution is -2.40. The first-order valence-corrected chi connectivity index (χ1v) is 8.47. The third kappa shape index (κ3) is 2.28. The van der Waals surface area contributed by atoms with Gasteiger partial charge in [-0.15, -0.1) is 0 Å². The Morgan fingerprint density at radius 3 is 2.62 bits per heavy atom. The average molecular weight is 321 g/mol. The van der Waals surface area contributed by atoms with Gasteiger partial charge in [0.15, 0.2) is 11.5 Å². The molecule has 0 bridgehead atoms. The molecule has 0 amide bonds. The van der Waals surface area contributed by atoms with Gasteiger partial charge < -0.3 is 14.2 Å². The minimum Gasteiger partial charge on any atom is -0.351 e. The third-order valence-electron chi connectivity index (χ3n) is 4.92. The van der Waals surface area contributed by atoms with Crippen LogP contribution in [0.5, 0.6) is 0 Å². The zero-order chi connectivity index (χ0) is 15.9. The monoisotopic (exact) mass is 321 g/mol. The van der Waals surface area contributed by atoms with Crippen LogP contribution in [0.25, 0.3) is 5.65 Å². The van der Waals surface area contributed by atoms with Crippen molar-refractivity contribution >= 4 is 17.3 Å². The van der Waals surface area contributed by atoms with E-state index >= 15 is 0 Å². The summed E-state index contributed by atoms with van der Waals surface area (Å²) in [5.41, 5.74) is 0.929. The van der Waals surface area contributed by atoms with Crippen molar-refractivity contribution < 1.29 is 0 Å². The van der Waals surface area contributed by atoms with Crippen LogP contribution in [0.2, 0.25) is 0 Å². The normalized spacial score (nSPS) is 20.7. The van der Waals surface area contributed by atoms with Crippen LogP contribution >= 0.6 is 0 Å². The van der Waals surface area contributed by atoms with Crippen molar-refractivity contribution in [1.82, 2.24) is 24.3 Å². The summed E-state index contributed by atoms with van der Waals surface area (Å²) in [5, 5.41) is 0. The molecule has 7 nitrogen and oxygen atoms in total. The first kappa shape index (κ1) is 13.7. The van der Waals surface area contributed by atoms with E-state index < -0.39 is 0 Å². The maximum Gasteiger partial charge on any atom is 0.180 e. The molecule has 0 N–H and O–H groups in total. The quantitative estimate of drug-likeness (QED) is 0.730. The van der Waals surface area contributed by atoms with Crippen molar-refractivity contribution in [3.05, 3.63) is 43.4 Å². The second-order valence-electron chi connectivity index (χ2n) is 6.50. The molecular weight excluding hydrogens is 302 g/mol. The van der Waals surface area contributed by atoms with Gasteiger partial charge in [0, 0.05) is 56.2 Å². The Balaban J connectivity index is 1.43. The van der Waals surface area contributed by atoms with E-state index in [-0.39, 0.29) is 0 Å². The van der Waals surface area contributed by atoms with Crippen LogP contribution in [0, 0.1) is 0 Å². The Morgan fingerprint density at radius 2 is 1.83 bits per heavy atom. The van der Waals surface area contributed by atoms with E-state index in [0.717, 1.165) is 36.8 Å². The Morgan fingerprint density at radius 1 is 0.958 bits per heavy atom. The maximum atomic E-state index is 4.59. The van der Waals surface area contributed by atoms with Crippen molar-refractivity contribution in [2.75, 3.05) is 22.9 Å². The van der Waals surface area contributed by atoms with Crippen molar-refractivity contribution in [2.24, 2.45) is 0 Å². The maximum absolute atomic E-state index is 4.59. The topological polar surface area (TPSA) is 62.5 Å². The molecular formula is C17H19N7. The van der Waals surface area contributed by atoms with Crippen molar-refractivity contribution in [2.45, 2.75) is 31.3 Å². The number of anilines is 2. The lowest BCUT2D eigenvalue weighted by molar-refractivity contribution is 0.624. The molecule has 3 aromatic heterocycles. The second-order valence-corrected chi connectivity index (χ2v) is 6.50. The first-order chi connectivity index (χ1) is 11.9. The molecule has 122 valence electrons. The molecule has 1 unspecified atom stereocenters. The van der Waals surface area contributed by atoms with Crippen molar-refractivity contribution in [1.29, 1.82) is 0 Å². The highest BCUT2D eigenvalue weighted by atomic mass is 15.3. The van der Waals surface area contributed by atoms with Gasteiger partial charge in [0.25, 0.3) is 0 Å². The highest BCUT2D eigenvalue weighted by Crippen LogP contribution is 2.35. The standard InChI is InChI=1S/C17H19N7/c1-2-13(1)24(15-3-5-18-12-21-15)14-4-8-23(11-14)17-16-19-6-9-22(16)10-7-20-17/h3,5-7,9-10,12-14H,1-2,4,8,11H2. The van der Waals surface area contributed by atoms with E-state index in [2.05, 4.69) is 29.7 Å². The predicted octanol–water partition coefficient (Wildman–Crippen LogP) is 1.77. The van der Waals surface area contributed by atoms with Crippen LogP contribution in [0.1, 0.15) is 19.3 Å². The van der Waals surface area contributed by atoms with E-state index in [1.807, 2.05) is 41.5 Å². The highest BCUT2D eigenvalue weighted by Gasteiger charge is 2.38. The summed E-state index contributed by atoms with van der Waals surface area (Å²) in [4.78, 5) is 22.4. The molecule has 1 atom stereocenters. The molecule has 24 heavy (non-hydrogen) atoms. The van der Waals surface area contributed by atoms with Crippen LogP contribution < -0.4 is 9.80 Å². The number of nitrogens with zero attached hydrogens (tertiary/aromatic N) is 7. The molecule has 1 aliphatic heterocycles. The highest BCUT2D eigenvalue weighted by molar-refractivity contribution is 5.64. The van der Waals surface area contributed by atoms with E-state index in [1.165, 1.54) is 12.8 Å². The molecule has 0 aromatic carbocycles. The fourth-order valence-electron chi connectivity index (χ4n) is 3.69. The van der Waals surface area contributed by atoms with Crippen molar-refractivity contribution in [3.8, 4) is 0 Å². The Kier molecular flexibility index (Phi) is 3.11. The zero-order valence-electron chi connectivity index (χ0n) is 13.4. The largest absolute Gasteiger partial charge is 0.351 e. The number of fused-ring (bicyclic) bond motifs is 1. The van der Waals surface area contributed by atoms with E-state index in [4.69, 9.17) is 0 Å². The molecule has 2 fully saturated rings. The van der Waals surface area contributed by atoms with Gasteiger partial charge in [0.2, 0.25) is 0 Å². The lowest BCUT2D eigenvalue weighted by Gasteiger charge is -2.30. The number of aromatic nitrogens is 5. The molecule has 1 aliphatic carbocycles. The van der Waals surface area contributed by atoms with Crippen LogP contribution in [0.4, 0.5) is 11.6 Å². The molecule has 1 saturated carbocycles. The van der Waals surface area contributed by atoms with Crippen LogP contribution in [0.15, 0.2) is 43.4 Å².